The van der Waals surface area contributed by atoms with E-state index in [4.69, 9.17) is 5.73 Å². The summed E-state index contributed by atoms with van der Waals surface area (Å²) >= 11 is 1.58. The van der Waals surface area contributed by atoms with E-state index in [9.17, 15) is 4.79 Å². The molecule has 19 heavy (non-hydrogen) atoms. The zero-order valence-electron chi connectivity index (χ0n) is 11.2. The molecule has 104 valence electrons. The highest BCUT2D eigenvalue weighted by Gasteiger charge is 2.25. The molecule has 1 amide bonds. The van der Waals surface area contributed by atoms with Gasteiger partial charge in [-0.25, -0.2) is 0 Å². The predicted octanol–water partition coefficient (Wildman–Crippen LogP) is 2.41. The van der Waals surface area contributed by atoms with Gasteiger partial charge in [-0.2, -0.15) is 0 Å². The van der Waals surface area contributed by atoms with Crippen LogP contribution in [0.3, 0.4) is 0 Å². The van der Waals surface area contributed by atoms with E-state index >= 15 is 0 Å². The van der Waals surface area contributed by atoms with Crippen molar-refractivity contribution in [2.75, 3.05) is 12.3 Å². The lowest BCUT2D eigenvalue weighted by Crippen LogP contribution is -2.45. The highest BCUT2D eigenvalue weighted by Crippen LogP contribution is 2.24. The first kappa shape index (κ1) is 14.4. The summed E-state index contributed by atoms with van der Waals surface area (Å²) in [6.45, 7) is 0.677. The van der Waals surface area contributed by atoms with Crippen molar-refractivity contribution in [2.45, 2.75) is 36.6 Å². The molecule has 0 heterocycles. The number of amides is 1. The van der Waals surface area contributed by atoms with Gasteiger partial charge in [-0.15, -0.1) is 11.8 Å². The van der Waals surface area contributed by atoms with Crippen molar-refractivity contribution in [3.05, 3.63) is 30.3 Å². The molecule has 3 nitrogen and oxygen atoms in total. The lowest BCUT2D eigenvalue weighted by Gasteiger charge is -2.31. The Morgan fingerprint density at radius 1 is 1.26 bits per heavy atom. The molecule has 1 saturated carbocycles. The van der Waals surface area contributed by atoms with Gasteiger partial charge in [0.15, 0.2) is 0 Å². The Hall–Kier alpha value is -1.00. The van der Waals surface area contributed by atoms with Crippen molar-refractivity contribution in [3.63, 3.8) is 0 Å². The molecule has 1 fully saturated rings. The quantitative estimate of drug-likeness (QED) is 0.813. The molecule has 0 saturated heterocycles. The molecule has 0 aliphatic heterocycles. The van der Waals surface area contributed by atoms with Gasteiger partial charge in [0.1, 0.15) is 0 Å². The fourth-order valence-corrected chi connectivity index (χ4v) is 3.32. The lowest BCUT2D eigenvalue weighted by molar-refractivity contribution is -0.119. The minimum atomic E-state index is 0.124. The topological polar surface area (TPSA) is 55.1 Å². The van der Waals surface area contributed by atoms with Crippen LogP contribution in [0.15, 0.2) is 35.2 Å². The van der Waals surface area contributed by atoms with Gasteiger partial charge in [0.05, 0.1) is 5.75 Å². The summed E-state index contributed by atoms with van der Waals surface area (Å²) in [5.74, 6) is 1.07. The summed E-state index contributed by atoms with van der Waals surface area (Å²) in [4.78, 5) is 13.1. The third-order valence-electron chi connectivity index (χ3n) is 3.67. The standard InChI is InChI=1S/C15H22N2OS/c16-10-12-6-4-5-9-14(12)17-15(18)11-19-13-7-2-1-3-8-13/h1-3,7-8,12,14H,4-6,9-11,16H2,(H,17,18). The van der Waals surface area contributed by atoms with Gasteiger partial charge >= 0.3 is 0 Å². The van der Waals surface area contributed by atoms with Crippen molar-refractivity contribution < 1.29 is 4.79 Å². The van der Waals surface area contributed by atoms with Crippen molar-refractivity contribution >= 4 is 17.7 Å². The fourth-order valence-electron chi connectivity index (χ4n) is 2.59. The Labute approximate surface area is 119 Å². The first-order chi connectivity index (χ1) is 9.29. The molecule has 2 unspecified atom stereocenters. The molecular formula is C15H22N2OS. The van der Waals surface area contributed by atoms with Crippen LogP contribution in [0.4, 0.5) is 0 Å². The van der Waals surface area contributed by atoms with Crippen LogP contribution in [0.5, 0.6) is 0 Å². The number of thioether (sulfide) groups is 1. The summed E-state index contributed by atoms with van der Waals surface area (Å²) in [5.41, 5.74) is 5.78. The Kier molecular flexibility index (Phi) is 5.73. The second kappa shape index (κ2) is 7.56. The maximum atomic E-state index is 12.0. The van der Waals surface area contributed by atoms with E-state index in [2.05, 4.69) is 5.32 Å². The molecule has 2 atom stereocenters. The second-order valence-electron chi connectivity index (χ2n) is 5.06. The summed E-state index contributed by atoms with van der Waals surface area (Å²) in [5, 5.41) is 3.15. The average Bonchev–Trinajstić information content (AvgIpc) is 2.47. The predicted molar refractivity (Wildman–Crippen MR) is 80.1 cm³/mol. The largest absolute Gasteiger partial charge is 0.352 e. The average molecular weight is 278 g/mol. The van der Waals surface area contributed by atoms with E-state index in [1.54, 1.807) is 11.8 Å². The number of carbonyl (C=O) groups excluding carboxylic acids is 1. The summed E-state index contributed by atoms with van der Waals surface area (Å²) < 4.78 is 0. The SMILES string of the molecule is NCC1CCCCC1NC(=O)CSc1ccccc1. The molecule has 1 aromatic rings. The molecule has 3 N–H and O–H groups in total. The lowest BCUT2D eigenvalue weighted by atomic mass is 9.84. The fraction of sp³-hybridized carbons (Fsp3) is 0.533. The van der Waals surface area contributed by atoms with Crippen LogP contribution in [0.1, 0.15) is 25.7 Å². The maximum Gasteiger partial charge on any atom is 0.230 e. The minimum absolute atomic E-state index is 0.124. The molecule has 1 aromatic carbocycles. The zero-order valence-corrected chi connectivity index (χ0v) is 12.0. The van der Waals surface area contributed by atoms with Gasteiger partial charge in [-0.3, -0.25) is 4.79 Å². The van der Waals surface area contributed by atoms with E-state index in [0.717, 1.165) is 17.7 Å². The third kappa shape index (κ3) is 4.55. The summed E-state index contributed by atoms with van der Waals surface area (Å²) in [7, 11) is 0. The number of hydrogen-bond acceptors (Lipinski definition) is 3. The van der Waals surface area contributed by atoms with E-state index < -0.39 is 0 Å². The normalized spacial score (nSPS) is 23.0. The van der Waals surface area contributed by atoms with Crippen LogP contribution in [0.25, 0.3) is 0 Å². The van der Waals surface area contributed by atoms with Crippen molar-refractivity contribution in [2.24, 2.45) is 11.7 Å². The molecule has 1 aliphatic rings. The summed E-state index contributed by atoms with van der Waals surface area (Å²) in [6.07, 6.45) is 4.66. The van der Waals surface area contributed by atoms with Crippen LogP contribution in [0.2, 0.25) is 0 Å². The number of nitrogens with two attached hydrogens (primary N) is 1. The van der Waals surface area contributed by atoms with Crippen molar-refractivity contribution in [1.82, 2.24) is 5.32 Å². The van der Waals surface area contributed by atoms with Gasteiger partial charge in [-0.1, -0.05) is 31.0 Å². The smallest absolute Gasteiger partial charge is 0.230 e. The Balaban J connectivity index is 1.77. The molecule has 0 aromatic heterocycles. The van der Waals surface area contributed by atoms with Crippen LogP contribution >= 0.6 is 11.8 Å². The molecule has 0 bridgehead atoms. The minimum Gasteiger partial charge on any atom is -0.352 e. The number of rotatable bonds is 5. The maximum absolute atomic E-state index is 12.0. The second-order valence-corrected chi connectivity index (χ2v) is 6.10. The van der Waals surface area contributed by atoms with E-state index in [-0.39, 0.29) is 11.9 Å². The first-order valence-corrected chi connectivity index (χ1v) is 7.95. The number of benzene rings is 1. The van der Waals surface area contributed by atoms with Gasteiger partial charge in [0, 0.05) is 10.9 Å². The Morgan fingerprint density at radius 3 is 2.74 bits per heavy atom. The van der Waals surface area contributed by atoms with Crippen LogP contribution < -0.4 is 11.1 Å². The van der Waals surface area contributed by atoms with Crippen molar-refractivity contribution in [3.8, 4) is 0 Å². The van der Waals surface area contributed by atoms with E-state index in [1.165, 1.54) is 12.8 Å². The molecule has 4 heteroatoms. The highest BCUT2D eigenvalue weighted by atomic mass is 32.2. The van der Waals surface area contributed by atoms with Crippen LogP contribution in [-0.2, 0) is 4.79 Å². The number of nitrogens with one attached hydrogen (secondary N) is 1. The zero-order chi connectivity index (χ0) is 13.5. The van der Waals surface area contributed by atoms with E-state index in [1.807, 2.05) is 30.3 Å². The number of hydrogen-bond donors (Lipinski definition) is 2. The van der Waals surface area contributed by atoms with Crippen molar-refractivity contribution in [1.29, 1.82) is 0 Å². The monoisotopic (exact) mass is 278 g/mol. The molecule has 0 spiro atoms. The first-order valence-electron chi connectivity index (χ1n) is 6.97. The number of carbonyl (C=O) groups is 1. The van der Waals surface area contributed by atoms with E-state index in [0.29, 0.717) is 18.2 Å². The molecule has 2 rings (SSSR count). The summed E-state index contributed by atoms with van der Waals surface area (Å²) in [6, 6.07) is 10.3. The van der Waals surface area contributed by atoms with Gasteiger partial charge < -0.3 is 11.1 Å². The Bertz CT molecular complexity index is 396. The molecule has 0 radical (unpaired) electrons. The van der Waals surface area contributed by atoms with Gasteiger partial charge in [-0.05, 0) is 37.4 Å². The molecule has 1 aliphatic carbocycles. The molecular weight excluding hydrogens is 256 g/mol. The third-order valence-corrected chi connectivity index (χ3v) is 4.68. The Morgan fingerprint density at radius 2 is 2.00 bits per heavy atom. The van der Waals surface area contributed by atoms with Crippen LogP contribution in [-0.4, -0.2) is 24.2 Å². The van der Waals surface area contributed by atoms with Gasteiger partial charge in [0.2, 0.25) is 5.91 Å². The highest BCUT2D eigenvalue weighted by molar-refractivity contribution is 8.00. The van der Waals surface area contributed by atoms with Crippen LogP contribution in [0, 0.1) is 5.92 Å². The van der Waals surface area contributed by atoms with Gasteiger partial charge in [0.25, 0.3) is 0 Å².